The highest BCUT2D eigenvalue weighted by molar-refractivity contribution is 7.84. The fourth-order valence-electron chi connectivity index (χ4n) is 1.67. The molecule has 0 aliphatic rings. The molecule has 1 aromatic rings. The first kappa shape index (κ1) is 15.7. The van der Waals surface area contributed by atoms with E-state index < -0.39 is 10.8 Å². The van der Waals surface area contributed by atoms with E-state index in [-0.39, 0.29) is 11.3 Å². The van der Waals surface area contributed by atoms with E-state index in [2.05, 4.69) is 19.2 Å². The fourth-order valence-corrected chi connectivity index (χ4v) is 3.32. The molecule has 0 aliphatic heterocycles. The van der Waals surface area contributed by atoms with E-state index in [1.807, 2.05) is 31.2 Å². The largest absolute Gasteiger partial charge is 0.313 e. The molecule has 0 saturated carbocycles. The molecule has 0 spiro atoms. The predicted octanol–water partition coefficient (Wildman–Crippen LogP) is 3.37. The average molecular weight is 288 g/mol. The highest BCUT2D eigenvalue weighted by atomic mass is 35.5. The molecule has 1 aromatic carbocycles. The summed E-state index contributed by atoms with van der Waals surface area (Å²) in [6, 6.07) is 7.87. The Morgan fingerprint density at radius 3 is 2.61 bits per heavy atom. The third-order valence-corrected chi connectivity index (χ3v) is 5.29. The minimum absolute atomic E-state index is 0.118. The molecule has 1 N–H and O–H groups in total. The third-order valence-electron chi connectivity index (χ3n) is 3.09. The number of benzene rings is 1. The van der Waals surface area contributed by atoms with Gasteiger partial charge in [0.2, 0.25) is 0 Å². The highest BCUT2D eigenvalue weighted by Gasteiger charge is 2.19. The quantitative estimate of drug-likeness (QED) is 0.833. The average Bonchev–Trinajstić information content (AvgIpc) is 2.37. The number of rotatable bonds is 7. The zero-order chi connectivity index (χ0) is 13.5. The molecule has 3 atom stereocenters. The topological polar surface area (TPSA) is 29.1 Å². The normalized spacial score (nSPS) is 16.2. The van der Waals surface area contributed by atoms with Gasteiger partial charge in [-0.1, -0.05) is 36.7 Å². The molecular formula is C14H22ClNOS. The van der Waals surface area contributed by atoms with Crippen LogP contribution in [0, 0.1) is 0 Å². The summed E-state index contributed by atoms with van der Waals surface area (Å²) in [7, 11) is -0.907. The van der Waals surface area contributed by atoms with Gasteiger partial charge >= 0.3 is 0 Å². The number of hydrogen-bond donors (Lipinski definition) is 1. The van der Waals surface area contributed by atoms with E-state index in [4.69, 9.17) is 11.6 Å². The number of nitrogens with one attached hydrogen (secondary N) is 1. The first-order chi connectivity index (χ1) is 8.56. The standard InChI is InChI=1S/C14H22ClNOS/c1-4-9-16-11(2)12(3)18(17)10-13-7-5-6-8-14(13)15/h5-8,11-12,16H,4,9-10H2,1-3H3. The summed E-state index contributed by atoms with van der Waals surface area (Å²) in [5.74, 6) is 0.527. The van der Waals surface area contributed by atoms with Gasteiger partial charge in [-0.25, -0.2) is 0 Å². The van der Waals surface area contributed by atoms with Gasteiger partial charge in [-0.3, -0.25) is 4.21 Å². The maximum atomic E-state index is 12.3. The van der Waals surface area contributed by atoms with Crippen LogP contribution in [0.15, 0.2) is 24.3 Å². The predicted molar refractivity (Wildman–Crippen MR) is 80.5 cm³/mol. The van der Waals surface area contributed by atoms with Crippen LogP contribution in [0.3, 0.4) is 0 Å². The molecule has 2 nitrogen and oxygen atoms in total. The van der Waals surface area contributed by atoms with Crippen LogP contribution in [0.2, 0.25) is 5.02 Å². The Bertz CT molecular complexity index is 397. The first-order valence-electron chi connectivity index (χ1n) is 6.40. The summed E-state index contributed by atoms with van der Waals surface area (Å²) in [6.45, 7) is 7.21. The van der Waals surface area contributed by atoms with Crippen molar-refractivity contribution < 1.29 is 4.21 Å². The van der Waals surface area contributed by atoms with Crippen LogP contribution in [0.4, 0.5) is 0 Å². The lowest BCUT2D eigenvalue weighted by atomic mass is 10.2. The van der Waals surface area contributed by atoms with Crippen molar-refractivity contribution in [1.29, 1.82) is 0 Å². The molecular weight excluding hydrogens is 266 g/mol. The van der Waals surface area contributed by atoms with E-state index in [1.165, 1.54) is 0 Å². The second kappa shape index (κ2) is 7.93. The maximum absolute atomic E-state index is 12.3. The lowest BCUT2D eigenvalue weighted by Crippen LogP contribution is -2.38. The van der Waals surface area contributed by atoms with Crippen LogP contribution >= 0.6 is 11.6 Å². The summed E-state index contributed by atoms with van der Waals surface area (Å²) in [6.07, 6.45) is 1.09. The van der Waals surface area contributed by atoms with Crippen LogP contribution in [-0.2, 0) is 16.6 Å². The summed E-state index contributed by atoms with van der Waals surface area (Å²) < 4.78 is 12.3. The van der Waals surface area contributed by atoms with Crippen LogP contribution < -0.4 is 5.32 Å². The van der Waals surface area contributed by atoms with Crippen molar-refractivity contribution in [1.82, 2.24) is 5.32 Å². The minimum Gasteiger partial charge on any atom is -0.313 e. The number of hydrogen-bond acceptors (Lipinski definition) is 2. The molecule has 102 valence electrons. The van der Waals surface area contributed by atoms with Crippen molar-refractivity contribution in [3.05, 3.63) is 34.9 Å². The summed E-state index contributed by atoms with van der Waals surface area (Å²) in [4.78, 5) is 0. The van der Waals surface area contributed by atoms with Gasteiger partial charge < -0.3 is 5.32 Å². The van der Waals surface area contributed by atoms with Crippen molar-refractivity contribution in [2.24, 2.45) is 0 Å². The Balaban J connectivity index is 2.57. The zero-order valence-corrected chi connectivity index (χ0v) is 12.9. The number of halogens is 1. The smallest absolute Gasteiger partial charge is 0.0503 e. The Labute approximate surface area is 118 Å². The molecule has 1 rings (SSSR count). The maximum Gasteiger partial charge on any atom is 0.0503 e. The molecule has 0 heterocycles. The summed E-state index contributed by atoms with van der Waals surface area (Å²) in [5, 5.41) is 4.21. The SMILES string of the molecule is CCCNC(C)C(C)S(=O)Cc1ccccc1Cl. The molecule has 0 radical (unpaired) electrons. The van der Waals surface area contributed by atoms with E-state index in [9.17, 15) is 4.21 Å². The van der Waals surface area contributed by atoms with Crippen LogP contribution in [0.1, 0.15) is 32.8 Å². The molecule has 0 aromatic heterocycles. The second-order valence-electron chi connectivity index (χ2n) is 4.56. The summed E-state index contributed by atoms with van der Waals surface area (Å²) >= 11 is 6.09. The third kappa shape index (κ3) is 4.71. The molecule has 0 amide bonds. The van der Waals surface area contributed by atoms with Crippen molar-refractivity contribution in [3.8, 4) is 0 Å². The van der Waals surface area contributed by atoms with Crippen LogP contribution in [0.5, 0.6) is 0 Å². The molecule has 0 aliphatic carbocycles. The molecule has 4 heteroatoms. The Kier molecular flexibility index (Phi) is 6.90. The van der Waals surface area contributed by atoms with E-state index in [0.717, 1.165) is 18.5 Å². The lowest BCUT2D eigenvalue weighted by Gasteiger charge is -2.20. The van der Waals surface area contributed by atoms with E-state index >= 15 is 0 Å². The van der Waals surface area contributed by atoms with Gasteiger partial charge in [0.15, 0.2) is 0 Å². The molecule has 0 fully saturated rings. The van der Waals surface area contributed by atoms with Gasteiger partial charge in [0.25, 0.3) is 0 Å². The minimum atomic E-state index is -0.907. The van der Waals surface area contributed by atoms with Gasteiger partial charge in [0.05, 0.1) is 5.75 Å². The van der Waals surface area contributed by atoms with Crippen molar-refractivity contribution in [3.63, 3.8) is 0 Å². The Morgan fingerprint density at radius 2 is 2.00 bits per heavy atom. The Morgan fingerprint density at radius 1 is 1.33 bits per heavy atom. The zero-order valence-electron chi connectivity index (χ0n) is 11.3. The Hall–Kier alpha value is -0.380. The molecule has 0 bridgehead atoms. The summed E-state index contributed by atoms with van der Waals surface area (Å²) in [5.41, 5.74) is 0.965. The van der Waals surface area contributed by atoms with Crippen molar-refractivity contribution in [2.45, 2.75) is 44.2 Å². The monoisotopic (exact) mass is 287 g/mol. The fraction of sp³-hybridized carbons (Fsp3) is 0.571. The van der Waals surface area contributed by atoms with Crippen LogP contribution in [0.25, 0.3) is 0 Å². The van der Waals surface area contributed by atoms with Gasteiger partial charge in [0, 0.05) is 27.1 Å². The molecule has 0 saturated heterocycles. The lowest BCUT2D eigenvalue weighted by molar-refractivity contribution is 0.531. The van der Waals surface area contributed by atoms with Gasteiger partial charge in [0.1, 0.15) is 0 Å². The second-order valence-corrected chi connectivity index (χ2v) is 6.77. The molecule has 3 unspecified atom stereocenters. The van der Waals surface area contributed by atoms with Gasteiger partial charge in [-0.05, 0) is 38.4 Å². The van der Waals surface area contributed by atoms with E-state index in [0.29, 0.717) is 10.8 Å². The van der Waals surface area contributed by atoms with Gasteiger partial charge in [-0.15, -0.1) is 0 Å². The van der Waals surface area contributed by atoms with Gasteiger partial charge in [-0.2, -0.15) is 0 Å². The first-order valence-corrected chi connectivity index (χ1v) is 8.16. The van der Waals surface area contributed by atoms with Crippen molar-refractivity contribution >= 4 is 22.4 Å². The molecule has 18 heavy (non-hydrogen) atoms. The highest BCUT2D eigenvalue weighted by Crippen LogP contribution is 2.18. The van der Waals surface area contributed by atoms with E-state index in [1.54, 1.807) is 0 Å². The van der Waals surface area contributed by atoms with Crippen LogP contribution in [-0.4, -0.2) is 22.0 Å². The van der Waals surface area contributed by atoms with Crippen molar-refractivity contribution in [2.75, 3.05) is 6.54 Å².